The first-order chi connectivity index (χ1) is 15.6. The molecule has 2 aromatic carbocycles. The van der Waals surface area contributed by atoms with E-state index in [1.54, 1.807) is 35.2 Å². The summed E-state index contributed by atoms with van der Waals surface area (Å²) in [6, 6.07) is 18.0. The van der Waals surface area contributed by atoms with Crippen LogP contribution in [0.25, 0.3) is 0 Å². The fourth-order valence-electron chi connectivity index (χ4n) is 3.65. The van der Waals surface area contributed by atoms with Gasteiger partial charge in [-0.2, -0.15) is 0 Å². The summed E-state index contributed by atoms with van der Waals surface area (Å²) in [5.74, 6) is -0.323. The van der Waals surface area contributed by atoms with Crippen LogP contribution in [-0.4, -0.2) is 47.2 Å². The number of nitrogens with zero attached hydrogens (tertiary/aromatic N) is 1. The number of carbonyl (C=O) groups is 3. The van der Waals surface area contributed by atoms with Gasteiger partial charge in [-0.05, 0) is 36.6 Å². The van der Waals surface area contributed by atoms with E-state index in [0.29, 0.717) is 29.1 Å². The predicted molar refractivity (Wildman–Crippen MR) is 120 cm³/mol. The third-order valence-electron chi connectivity index (χ3n) is 5.42. The summed E-state index contributed by atoms with van der Waals surface area (Å²) in [7, 11) is 0. The van der Waals surface area contributed by atoms with E-state index in [9.17, 15) is 14.4 Å². The number of para-hydroxylation sites is 1. The Morgan fingerprint density at radius 2 is 1.69 bits per heavy atom. The zero-order valence-corrected chi connectivity index (χ0v) is 17.7. The summed E-state index contributed by atoms with van der Waals surface area (Å²) >= 11 is 0. The minimum absolute atomic E-state index is 0.0945. The summed E-state index contributed by atoms with van der Waals surface area (Å²) in [6.07, 6.45) is 3.53. The lowest BCUT2D eigenvalue weighted by Crippen LogP contribution is -2.27. The molecule has 3 aromatic rings. The van der Waals surface area contributed by atoms with E-state index in [-0.39, 0.29) is 24.2 Å². The Kier molecular flexibility index (Phi) is 6.65. The average Bonchev–Trinajstić information content (AvgIpc) is 3.54. The molecule has 0 unspecified atom stereocenters. The number of hydrogen-bond donors (Lipinski definition) is 2. The summed E-state index contributed by atoms with van der Waals surface area (Å²) in [5.41, 5.74) is 2.12. The van der Waals surface area contributed by atoms with Gasteiger partial charge in [0.25, 0.3) is 11.8 Å². The highest BCUT2D eigenvalue weighted by atomic mass is 16.5. The van der Waals surface area contributed by atoms with Crippen molar-refractivity contribution in [2.24, 2.45) is 0 Å². The highest BCUT2D eigenvalue weighted by Gasteiger charge is 2.22. The maximum absolute atomic E-state index is 12.6. The molecule has 2 N–H and O–H groups in total. The van der Waals surface area contributed by atoms with Gasteiger partial charge in [-0.1, -0.05) is 42.5 Å². The lowest BCUT2D eigenvalue weighted by molar-refractivity contribution is 0.0787. The first-order valence-electron chi connectivity index (χ1n) is 10.7. The van der Waals surface area contributed by atoms with E-state index in [1.165, 1.54) is 6.20 Å². The molecule has 2 heterocycles. The molecule has 1 aromatic heterocycles. The number of likely N-dealkylation sites (tertiary alicyclic amines) is 1. The molecule has 0 radical (unpaired) electrons. The summed E-state index contributed by atoms with van der Waals surface area (Å²) in [4.78, 5) is 42.4. The van der Waals surface area contributed by atoms with Crippen LogP contribution in [0.1, 0.15) is 49.6 Å². The molecule has 0 spiro atoms. The second-order valence-corrected chi connectivity index (χ2v) is 7.68. The third-order valence-corrected chi connectivity index (χ3v) is 5.42. The van der Waals surface area contributed by atoms with Gasteiger partial charge in [-0.15, -0.1) is 0 Å². The van der Waals surface area contributed by atoms with Gasteiger partial charge in [0.15, 0.2) is 6.61 Å². The monoisotopic (exact) mass is 431 g/mol. The topological polar surface area (TPSA) is 91.5 Å². The first kappa shape index (κ1) is 21.4. The maximum Gasteiger partial charge on any atom is 0.270 e. The molecule has 7 nitrogen and oxygen atoms in total. The van der Waals surface area contributed by atoms with Crippen molar-refractivity contribution in [2.45, 2.75) is 19.4 Å². The normalized spacial score (nSPS) is 13.1. The smallest absolute Gasteiger partial charge is 0.270 e. The number of rotatable bonds is 8. The predicted octanol–water partition coefficient (Wildman–Crippen LogP) is 3.44. The molecule has 32 heavy (non-hydrogen) atoms. The van der Waals surface area contributed by atoms with Crippen LogP contribution < -0.4 is 10.1 Å². The Bertz CT molecular complexity index is 1100. The van der Waals surface area contributed by atoms with Crippen LogP contribution >= 0.6 is 0 Å². The average molecular weight is 431 g/mol. The Balaban J connectivity index is 1.36. The van der Waals surface area contributed by atoms with Crippen LogP contribution in [-0.2, 0) is 6.54 Å². The summed E-state index contributed by atoms with van der Waals surface area (Å²) < 4.78 is 5.68. The minimum Gasteiger partial charge on any atom is -0.485 e. The van der Waals surface area contributed by atoms with E-state index in [4.69, 9.17) is 4.74 Å². The fourth-order valence-corrected chi connectivity index (χ4v) is 3.65. The number of Topliss-reactive ketones (excluding diaryl/α,β-unsaturated/α-hetero) is 1. The number of ether oxygens (including phenoxy) is 1. The Morgan fingerprint density at radius 1 is 0.969 bits per heavy atom. The van der Waals surface area contributed by atoms with Gasteiger partial charge < -0.3 is 19.9 Å². The quantitative estimate of drug-likeness (QED) is 0.535. The third kappa shape index (κ3) is 5.06. The van der Waals surface area contributed by atoms with Gasteiger partial charge in [0.1, 0.15) is 11.4 Å². The molecule has 1 fully saturated rings. The molecule has 1 aliphatic heterocycles. The van der Waals surface area contributed by atoms with Crippen molar-refractivity contribution in [1.29, 1.82) is 0 Å². The summed E-state index contributed by atoms with van der Waals surface area (Å²) in [6.45, 7) is 1.64. The Hall–Kier alpha value is -3.87. The van der Waals surface area contributed by atoms with Gasteiger partial charge in [0.2, 0.25) is 5.78 Å². The number of aromatic amines is 1. The maximum atomic E-state index is 12.6. The van der Waals surface area contributed by atoms with Gasteiger partial charge in [-0.25, -0.2) is 0 Å². The molecule has 1 saturated heterocycles. The molecule has 0 saturated carbocycles. The van der Waals surface area contributed by atoms with Gasteiger partial charge >= 0.3 is 0 Å². The second-order valence-electron chi connectivity index (χ2n) is 7.68. The molecule has 0 aliphatic carbocycles. The van der Waals surface area contributed by atoms with Gasteiger partial charge in [-0.3, -0.25) is 14.4 Å². The number of carbonyl (C=O) groups excluding carboxylic acids is 3. The van der Waals surface area contributed by atoms with Crippen molar-refractivity contribution in [3.05, 3.63) is 89.2 Å². The van der Waals surface area contributed by atoms with Crippen LogP contribution in [0.15, 0.2) is 66.9 Å². The summed E-state index contributed by atoms with van der Waals surface area (Å²) in [5, 5.41) is 2.87. The lowest BCUT2D eigenvalue weighted by Gasteiger charge is -2.13. The number of hydrogen-bond acceptors (Lipinski definition) is 4. The number of nitrogens with one attached hydrogen (secondary N) is 2. The SMILES string of the molecule is O=C(COc1ccccc1C(=O)NCc1ccccc1)c1c[nH]c(C(=O)N2CCCC2)c1. The van der Waals surface area contributed by atoms with Gasteiger partial charge in [0.05, 0.1) is 5.56 Å². The largest absolute Gasteiger partial charge is 0.485 e. The number of aromatic nitrogens is 1. The zero-order chi connectivity index (χ0) is 22.3. The van der Waals surface area contributed by atoms with Crippen molar-refractivity contribution in [3.8, 4) is 5.75 Å². The van der Waals surface area contributed by atoms with Crippen LogP contribution in [0.3, 0.4) is 0 Å². The molecular weight excluding hydrogens is 406 g/mol. The molecule has 0 bridgehead atoms. The Labute approximate surface area is 186 Å². The zero-order valence-electron chi connectivity index (χ0n) is 17.7. The van der Waals surface area contributed by atoms with Gasteiger partial charge in [0, 0.05) is 31.4 Å². The molecular formula is C25H25N3O4. The Morgan fingerprint density at radius 3 is 2.47 bits per heavy atom. The number of ketones is 1. The van der Waals surface area contributed by atoms with E-state index in [0.717, 1.165) is 31.5 Å². The molecule has 0 atom stereocenters. The molecule has 164 valence electrons. The van der Waals surface area contributed by atoms with Crippen LogP contribution in [0.5, 0.6) is 5.75 Å². The standard InChI is InChI=1S/C25H25N3O4/c29-22(19-14-21(26-16-19)25(31)28-12-6-7-13-28)17-32-23-11-5-4-10-20(23)24(30)27-15-18-8-2-1-3-9-18/h1-5,8-11,14,16,26H,6-7,12-13,15,17H2,(H,27,30). The first-order valence-corrected chi connectivity index (χ1v) is 10.7. The lowest BCUT2D eigenvalue weighted by atomic mass is 10.1. The fraction of sp³-hybridized carbons (Fsp3) is 0.240. The molecule has 4 rings (SSSR count). The van der Waals surface area contributed by atoms with Crippen LogP contribution in [0.4, 0.5) is 0 Å². The van der Waals surface area contributed by atoms with Crippen molar-refractivity contribution < 1.29 is 19.1 Å². The minimum atomic E-state index is -0.281. The molecule has 7 heteroatoms. The van der Waals surface area contributed by atoms with Crippen molar-refractivity contribution in [1.82, 2.24) is 15.2 Å². The van der Waals surface area contributed by atoms with Crippen molar-refractivity contribution >= 4 is 17.6 Å². The molecule has 1 aliphatic rings. The highest BCUT2D eigenvalue weighted by Crippen LogP contribution is 2.19. The number of benzene rings is 2. The van der Waals surface area contributed by atoms with Crippen molar-refractivity contribution in [2.75, 3.05) is 19.7 Å². The second kappa shape index (κ2) is 9.96. The molecule has 2 amide bonds. The number of H-pyrrole nitrogens is 1. The van der Waals surface area contributed by atoms with E-state index < -0.39 is 0 Å². The van der Waals surface area contributed by atoms with E-state index in [1.807, 2.05) is 30.3 Å². The van der Waals surface area contributed by atoms with E-state index in [2.05, 4.69) is 10.3 Å². The van der Waals surface area contributed by atoms with E-state index >= 15 is 0 Å². The van der Waals surface area contributed by atoms with Crippen molar-refractivity contribution in [3.63, 3.8) is 0 Å². The number of amides is 2. The highest BCUT2D eigenvalue weighted by molar-refractivity contribution is 6.01. The van der Waals surface area contributed by atoms with Crippen LogP contribution in [0.2, 0.25) is 0 Å². The van der Waals surface area contributed by atoms with Crippen LogP contribution in [0, 0.1) is 0 Å².